The molecule has 0 heterocycles. The first kappa shape index (κ1) is 12.7. The van der Waals surface area contributed by atoms with Crippen LogP contribution in [0, 0.1) is 17.5 Å². The van der Waals surface area contributed by atoms with E-state index in [4.69, 9.17) is 0 Å². The summed E-state index contributed by atoms with van der Waals surface area (Å²) in [5.41, 5.74) is -0.720. The van der Waals surface area contributed by atoms with Gasteiger partial charge in [-0.1, -0.05) is 5.16 Å². The Balaban J connectivity index is 3.09. The van der Waals surface area contributed by atoms with Crippen molar-refractivity contribution in [1.29, 1.82) is 0 Å². The van der Waals surface area contributed by atoms with E-state index in [2.05, 4.69) is 25.9 Å². The Morgan fingerprint density at radius 2 is 2.06 bits per heavy atom. The molecule has 0 radical (unpaired) electrons. The van der Waals surface area contributed by atoms with Gasteiger partial charge in [0.25, 0.3) is 0 Å². The molecule has 0 saturated heterocycles. The summed E-state index contributed by atoms with van der Waals surface area (Å²) in [5, 5.41) is 3.00. The van der Waals surface area contributed by atoms with E-state index in [1.54, 1.807) is 0 Å². The molecule has 7 heteroatoms. The van der Waals surface area contributed by atoms with Gasteiger partial charge < -0.3 is 4.84 Å². The lowest BCUT2D eigenvalue weighted by atomic mass is 10.2. The molecular weight excluding hydrogens is 291 g/mol. The quantitative estimate of drug-likeness (QED) is 0.277. The van der Waals surface area contributed by atoms with Crippen LogP contribution in [0.5, 0.6) is 0 Å². The molecule has 16 heavy (non-hydrogen) atoms. The third-order valence-corrected chi connectivity index (χ3v) is 2.09. The van der Waals surface area contributed by atoms with Gasteiger partial charge in [-0.25, -0.2) is 18.0 Å². The molecule has 3 nitrogen and oxygen atoms in total. The van der Waals surface area contributed by atoms with Crippen molar-refractivity contribution >= 4 is 28.1 Å². The maximum absolute atomic E-state index is 13.2. The molecule has 0 aliphatic carbocycles. The second kappa shape index (κ2) is 5.11. The highest BCUT2D eigenvalue weighted by molar-refractivity contribution is 9.10. The molecule has 1 aromatic rings. The molecule has 0 atom stereocenters. The van der Waals surface area contributed by atoms with Crippen molar-refractivity contribution < 1.29 is 22.8 Å². The van der Waals surface area contributed by atoms with Gasteiger partial charge in [-0.3, -0.25) is 0 Å². The van der Waals surface area contributed by atoms with Crippen LogP contribution in [-0.4, -0.2) is 12.2 Å². The van der Waals surface area contributed by atoms with E-state index in [0.29, 0.717) is 6.21 Å². The third kappa shape index (κ3) is 2.82. The Hall–Kier alpha value is -1.37. The summed E-state index contributed by atoms with van der Waals surface area (Å²) in [6, 6.07) is 0.744. The van der Waals surface area contributed by atoms with Gasteiger partial charge in [-0.2, -0.15) is 0 Å². The first-order valence-electron chi connectivity index (χ1n) is 3.97. The van der Waals surface area contributed by atoms with E-state index in [-0.39, 0.29) is 4.47 Å². The van der Waals surface area contributed by atoms with Crippen molar-refractivity contribution in [3.8, 4) is 0 Å². The summed E-state index contributed by atoms with van der Waals surface area (Å²) in [6.07, 6.45) is 0.585. The number of oxime groups is 1. The lowest BCUT2D eigenvalue weighted by molar-refractivity contribution is -0.140. The maximum atomic E-state index is 13.2. The summed E-state index contributed by atoms with van der Waals surface area (Å²) >= 11 is 2.64. The van der Waals surface area contributed by atoms with E-state index >= 15 is 0 Å². The fraction of sp³-hybridized carbons (Fsp3) is 0.111. The minimum absolute atomic E-state index is 0.341. The molecule has 0 bridgehead atoms. The monoisotopic (exact) mass is 295 g/mol. The molecule has 0 aliphatic heterocycles. The summed E-state index contributed by atoms with van der Waals surface area (Å²) in [5.74, 6) is -4.44. The first-order valence-corrected chi connectivity index (χ1v) is 4.76. The van der Waals surface area contributed by atoms with E-state index in [1.165, 1.54) is 0 Å². The molecule has 86 valence electrons. The van der Waals surface area contributed by atoms with Crippen LogP contribution in [0.15, 0.2) is 15.7 Å². The molecule has 0 N–H and O–H groups in total. The summed E-state index contributed by atoms with van der Waals surface area (Å²) in [6.45, 7) is 1.06. The Labute approximate surface area is 97.0 Å². The second-order valence-corrected chi connectivity index (χ2v) is 3.55. The molecule has 0 fully saturated rings. The second-order valence-electron chi connectivity index (χ2n) is 2.70. The minimum atomic E-state index is -1.41. The molecule has 0 aromatic heterocycles. The Morgan fingerprint density at radius 1 is 1.44 bits per heavy atom. The van der Waals surface area contributed by atoms with Crippen LogP contribution in [0.1, 0.15) is 12.5 Å². The van der Waals surface area contributed by atoms with Crippen molar-refractivity contribution in [1.82, 2.24) is 0 Å². The zero-order valence-electron chi connectivity index (χ0n) is 7.93. The van der Waals surface area contributed by atoms with Crippen LogP contribution in [0.3, 0.4) is 0 Å². The number of hydrogen-bond acceptors (Lipinski definition) is 3. The molecule has 0 amide bonds. The molecule has 0 spiro atoms. The van der Waals surface area contributed by atoms with Crippen molar-refractivity contribution in [3.63, 3.8) is 0 Å². The van der Waals surface area contributed by atoms with Crippen LogP contribution < -0.4 is 0 Å². The zero-order chi connectivity index (χ0) is 12.3. The zero-order valence-corrected chi connectivity index (χ0v) is 9.52. The number of rotatable bonds is 2. The topological polar surface area (TPSA) is 38.7 Å². The predicted molar refractivity (Wildman–Crippen MR) is 53.4 cm³/mol. The molecule has 1 aromatic carbocycles. The predicted octanol–water partition coefficient (Wildman–Crippen LogP) is 2.76. The normalized spacial score (nSPS) is 10.8. The van der Waals surface area contributed by atoms with Crippen LogP contribution in [0.25, 0.3) is 0 Å². The third-order valence-electron chi connectivity index (χ3n) is 1.51. The number of benzene rings is 1. The Bertz CT molecular complexity index is 463. The summed E-state index contributed by atoms with van der Waals surface area (Å²) < 4.78 is 39.0. The van der Waals surface area contributed by atoms with Crippen LogP contribution in [0.2, 0.25) is 0 Å². The van der Waals surface area contributed by atoms with Crippen molar-refractivity contribution in [3.05, 3.63) is 33.6 Å². The molecule has 0 unspecified atom stereocenters. The van der Waals surface area contributed by atoms with Gasteiger partial charge in [0.2, 0.25) is 0 Å². The van der Waals surface area contributed by atoms with Crippen molar-refractivity contribution in [2.75, 3.05) is 0 Å². The van der Waals surface area contributed by atoms with Crippen LogP contribution in [-0.2, 0) is 9.63 Å². The van der Waals surface area contributed by atoms with Gasteiger partial charge in [0.15, 0.2) is 11.6 Å². The number of carbonyl (C=O) groups is 1. The first-order chi connectivity index (χ1) is 7.43. The largest absolute Gasteiger partial charge is 0.331 e. The van der Waals surface area contributed by atoms with Gasteiger partial charge >= 0.3 is 5.97 Å². The van der Waals surface area contributed by atoms with E-state index < -0.39 is 29.0 Å². The Kier molecular flexibility index (Phi) is 4.05. The average Bonchev–Trinajstić information content (AvgIpc) is 2.19. The highest BCUT2D eigenvalue weighted by Gasteiger charge is 2.16. The van der Waals surface area contributed by atoms with Gasteiger partial charge in [-0.05, 0) is 22.0 Å². The highest BCUT2D eigenvalue weighted by atomic mass is 79.9. The smallest absolute Gasteiger partial charge is 0.319 e. The molecule has 1 rings (SSSR count). The number of hydrogen-bond donors (Lipinski definition) is 0. The lowest BCUT2D eigenvalue weighted by Crippen LogP contribution is -2.00. The molecule has 0 aliphatic rings. The molecular formula is C9H5BrF3NO2. The van der Waals surface area contributed by atoms with Gasteiger partial charge in [0, 0.05) is 6.92 Å². The fourth-order valence-electron chi connectivity index (χ4n) is 0.852. The standard InChI is InChI=1S/C9H5BrF3NO2/c1-4(15)16-14-3-5-7(11)2-6(10)9(13)8(5)12/h2-3H,1H3. The highest BCUT2D eigenvalue weighted by Crippen LogP contribution is 2.22. The lowest BCUT2D eigenvalue weighted by Gasteiger charge is -2.01. The number of halogens is 4. The number of carbonyl (C=O) groups excluding carboxylic acids is 1. The fourth-order valence-corrected chi connectivity index (χ4v) is 1.23. The van der Waals surface area contributed by atoms with E-state index in [9.17, 15) is 18.0 Å². The Morgan fingerprint density at radius 3 is 2.62 bits per heavy atom. The SMILES string of the molecule is CC(=O)ON=Cc1c(F)cc(Br)c(F)c1F. The van der Waals surface area contributed by atoms with Crippen molar-refractivity contribution in [2.45, 2.75) is 6.92 Å². The minimum Gasteiger partial charge on any atom is -0.319 e. The van der Waals surface area contributed by atoms with E-state index in [1.807, 2.05) is 0 Å². The van der Waals surface area contributed by atoms with Gasteiger partial charge in [-0.15, -0.1) is 0 Å². The maximum Gasteiger partial charge on any atom is 0.331 e. The van der Waals surface area contributed by atoms with Crippen LogP contribution >= 0.6 is 15.9 Å². The number of nitrogens with zero attached hydrogens (tertiary/aromatic N) is 1. The van der Waals surface area contributed by atoms with E-state index in [0.717, 1.165) is 13.0 Å². The average molecular weight is 296 g/mol. The van der Waals surface area contributed by atoms with Gasteiger partial charge in [0.05, 0.1) is 16.3 Å². The summed E-state index contributed by atoms with van der Waals surface area (Å²) in [7, 11) is 0. The summed E-state index contributed by atoms with van der Waals surface area (Å²) in [4.78, 5) is 14.4. The van der Waals surface area contributed by atoms with Gasteiger partial charge in [0.1, 0.15) is 5.82 Å². The molecule has 0 saturated carbocycles. The van der Waals surface area contributed by atoms with Crippen LogP contribution in [0.4, 0.5) is 13.2 Å². The van der Waals surface area contributed by atoms with Crippen molar-refractivity contribution in [2.24, 2.45) is 5.16 Å².